The number of hydrogen-bond acceptors (Lipinski definition) is 4. The van der Waals surface area contributed by atoms with Crippen molar-refractivity contribution in [3.63, 3.8) is 0 Å². The van der Waals surface area contributed by atoms with Crippen LogP contribution in [0, 0.1) is 0 Å². The molecule has 23 heavy (non-hydrogen) atoms. The third kappa shape index (κ3) is 4.12. The molecule has 1 heterocycles. The summed E-state index contributed by atoms with van der Waals surface area (Å²) in [6.45, 7) is 0. The zero-order valence-corrected chi connectivity index (χ0v) is 13.9. The summed E-state index contributed by atoms with van der Waals surface area (Å²) in [5, 5.41) is 5.90. The van der Waals surface area contributed by atoms with Crippen LogP contribution in [0.1, 0.15) is 5.56 Å². The highest BCUT2D eigenvalue weighted by atomic mass is 35.5. The molecular weight excluding hydrogens is 333 g/mol. The molecule has 4 nitrogen and oxygen atoms in total. The Kier molecular flexibility index (Phi) is 5.79. The van der Waals surface area contributed by atoms with Gasteiger partial charge in [0, 0.05) is 16.6 Å². The summed E-state index contributed by atoms with van der Waals surface area (Å²) in [4.78, 5) is 4.30. The second-order valence-electron chi connectivity index (χ2n) is 4.66. The predicted octanol–water partition coefficient (Wildman–Crippen LogP) is 4.76. The molecule has 3 rings (SSSR count). The summed E-state index contributed by atoms with van der Waals surface area (Å²) in [5.41, 5.74) is 5.73. The number of methoxy groups -OCH3 is 1. The summed E-state index contributed by atoms with van der Waals surface area (Å²) >= 11 is 5.98. The van der Waals surface area contributed by atoms with E-state index in [4.69, 9.17) is 16.3 Å². The largest absolute Gasteiger partial charge is 0.497 e. The third-order valence-corrected chi connectivity index (χ3v) is 3.45. The van der Waals surface area contributed by atoms with Gasteiger partial charge in [0.2, 0.25) is 0 Å². The van der Waals surface area contributed by atoms with E-state index in [0.717, 1.165) is 27.9 Å². The SMILES string of the molecule is COc1ccc(/C=N/Nc2ccnc3cc(Cl)ccc23)cc1.Cl. The van der Waals surface area contributed by atoms with Crippen LogP contribution >= 0.6 is 24.0 Å². The van der Waals surface area contributed by atoms with Crippen LogP contribution < -0.4 is 10.2 Å². The maximum Gasteiger partial charge on any atom is 0.118 e. The molecule has 0 fully saturated rings. The van der Waals surface area contributed by atoms with Gasteiger partial charge >= 0.3 is 0 Å². The van der Waals surface area contributed by atoms with Crippen LogP contribution in [0.15, 0.2) is 59.8 Å². The van der Waals surface area contributed by atoms with E-state index in [-0.39, 0.29) is 12.4 Å². The van der Waals surface area contributed by atoms with Crippen LogP contribution in [0.3, 0.4) is 0 Å². The lowest BCUT2D eigenvalue weighted by Gasteiger charge is -2.05. The topological polar surface area (TPSA) is 46.5 Å². The molecule has 0 saturated heterocycles. The number of anilines is 1. The molecular formula is C17H15Cl2N3O. The normalized spacial score (nSPS) is 10.5. The molecule has 1 aromatic heterocycles. The monoisotopic (exact) mass is 347 g/mol. The molecule has 0 aliphatic carbocycles. The molecule has 0 aliphatic heterocycles. The van der Waals surface area contributed by atoms with E-state index in [1.54, 1.807) is 19.5 Å². The summed E-state index contributed by atoms with van der Waals surface area (Å²) in [6.07, 6.45) is 3.48. The fourth-order valence-corrected chi connectivity index (χ4v) is 2.25. The summed E-state index contributed by atoms with van der Waals surface area (Å²) < 4.78 is 5.12. The highest BCUT2D eigenvalue weighted by Crippen LogP contribution is 2.24. The summed E-state index contributed by atoms with van der Waals surface area (Å²) in [6, 6.07) is 15.1. The van der Waals surface area contributed by atoms with E-state index < -0.39 is 0 Å². The van der Waals surface area contributed by atoms with Gasteiger partial charge in [-0.1, -0.05) is 11.6 Å². The standard InChI is InChI=1S/C17H14ClN3O.ClH/c1-22-14-5-2-12(3-6-14)11-20-21-16-8-9-19-17-10-13(18)4-7-15(16)17;/h2-11H,1H3,(H,19,21);1H/b20-11+;. The van der Waals surface area contributed by atoms with Crippen LogP contribution in [0.25, 0.3) is 10.9 Å². The fraction of sp³-hybridized carbons (Fsp3) is 0.0588. The quantitative estimate of drug-likeness (QED) is 0.546. The van der Waals surface area contributed by atoms with Crippen LogP contribution in [-0.2, 0) is 0 Å². The number of nitrogens with zero attached hydrogens (tertiary/aromatic N) is 2. The van der Waals surface area contributed by atoms with Crippen LogP contribution in [0.2, 0.25) is 5.02 Å². The van der Waals surface area contributed by atoms with Gasteiger partial charge in [-0.2, -0.15) is 5.10 Å². The van der Waals surface area contributed by atoms with Crippen molar-refractivity contribution in [2.75, 3.05) is 12.5 Å². The number of nitrogens with one attached hydrogen (secondary N) is 1. The molecule has 0 bridgehead atoms. The Morgan fingerprint density at radius 1 is 1.13 bits per heavy atom. The minimum atomic E-state index is 0. The Morgan fingerprint density at radius 2 is 1.91 bits per heavy atom. The summed E-state index contributed by atoms with van der Waals surface area (Å²) in [7, 11) is 1.64. The first kappa shape index (κ1) is 17.1. The number of ether oxygens (including phenoxy) is 1. The van der Waals surface area contributed by atoms with Gasteiger partial charge < -0.3 is 4.74 Å². The molecule has 0 radical (unpaired) electrons. The van der Waals surface area contributed by atoms with Gasteiger partial charge in [0.15, 0.2) is 0 Å². The second-order valence-corrected chi connectivity index (χ2v) is 5.10. The van der Waals surface area contributed by atoms with Gasteiger partial charge in [-0.15, -0.1) is 12.4 Å². The Hall–Kier alpha value is -2.30. The van der Waals surface area contributed by atoms with Crippen molar-refractivity contribution in [1.29, 1.82) is 0 Å². The Morgan fingerprint density at radius 3 is 2.65 bits per heavy atom. The van der Waals surface area contributed by atoms with Crippen molar-refractivity contribution in [2.24, 2.45) is 5.10 Å². The van der Waals surface area contributed by atoms with Crippen molar-refractivity contribution in [2.45, 2.75) is 0 Å². The van der Waals surface area contributed by atoms with Gasteiger partial charge in [0.25, 0.3) is 0 Å². The highest BCUT2D eigenvalue weighted by molar-refractivity contribution is 6.31. The Balaban J connectivity index is 0.00000192. The molecule has 2 aromatic carbocycles. The lowest BCUT2D eigenvalue weighted by Crippen LogP contribution is -1.93. The zero-order valence-electron chi connectivity index (χ0n) is 12.4. The molecule has 0 atom stereocenters. The first-order chi connectivity index (χ1) is 10.8. The van der Waals surface area contributed by atoms with E-state index >= 15 is 0 Å². The minimum Gasteiger partial charge on any atom is -0.497 e. The number of pyridine rings is 1. The number of halogens is 2. The predicted molar refractivity (Wildman–Crippen MR) is 98.2 cm³/mol. The van der Waals surface area contributed by atoms with Crippen molar-refractivity contribution in [1.82, 2.24) is 4.98 Å². The molecule has 0 aliphatic rings. The maximum atomic E-state index is 5.98. The molecule has 6 heteroatoms. The number of aromatic nitrogens is 1. The molecule has 118 valence electrons. The van der Waals surface area contributed by atoms with E-state index in [2.05, 4.69) is 15.5 Å². The minimum absolute atomic E-state index is 0. The van der Waals surface area contributed by atoms with E-state index in [1.165, 1.54) is 0 Å². The Bertz CT molecular complexity index is 820. The number of rotatable bonds is 4. The van der Waals surface area contributed by atoms with E-state index in [9.17, 15) is 0 Å². The Labute approximate surface area is 145 Å². The lowest BCUT2D eigenvalue weighted by atomic mass is 10.2. The molecule has 0 saturated carbocycles. The van der Waals surface area contributed by atoms with E-state index in [1.807, 2.05) is 48.5 Å². The van der Waals surface area contributed by atoms with Crippen molar-refractivity contribution in [3.8, 4) is 5.75 Å². The molecule has 0 spiro atoms. The first-order valence-electron chi connectivity index (χ1n) is 6.74. The molecule has 0 amide bonds. The highest BCUT2D eigenvalue weighted by Gasteiger charge is 2.01. The second kappa shape index (κ2) is 7.81. The van der Waals surface area contributed by atoms with Gasteiger partial charge in [0.05, 0.1) is 24.5 Å². The van der Waals surface area contributed by atoms with Crippen molar-refractivity contribution < 1.29 is 4.74 Å². The van der Waals surface area contributed by atoms with Crippen molar-refractivity contribution in [3.05, 3.63) is 65.3 Å². The number of benzene rings is 2. The van der Waals surface area contributed by atoms with Gasteiger partial charge in [-0.3, -0.25) is 10.4 Å². The number of fused-ring (bicyclic) bond motifs is 1. The zero-order chi connectivity index (χ0) is 15.4. The average molecular weight is 348 g/mol. The van der Waals surface area contributed by atoms with Crippen LogP contribution in [-0.4, -0.2) is 18.3 Å². The average Bonchev–Trinajstić information content (AvgIpc) is 2.55. The maximum absolute atomic E-state index is 5.98. The van der Waals surface area contributed by atoms with Crippen molar-refractivity contribution >= 4 is 46.8 Å². The third-order valence-electron chi connectivity index (χ3n) is 3.22. The van der Waals surface area contributed by atoms with E-state index in [0.29, 0.717) is 5.02 Å². The molecule has 1 N–H and O–H groups in total. The van der Waals surface area contributed by atoms with Gasteiger partial charge in [-0.05, 0) is 54.1 Å². The van der Waals surface area contributed by atoms with Gasteiger partial charge in [0.1, 0.15) is 5.75 Å². The smallest absolute Gasteiger partial charge is 0.118 e. The van der Waals surface area contributed by atoms with Gasteiger partial charge in [-0.25, -0.2) is 0 Å². The lowest BCUT2D eigenvalue weighted by molar-refractivity contribution is 0.415. The number of hydrogen-bond donors (Lipinski definition) is 1. The fourth-order valence-electron chi connectivity index (χ4n) is 2.09. The number of hydrazone groups is 1. The van der Waals surface area contributed by atoms with Crippen LogP contribution in [0.4, 0.5) is 5.69 Å². The van der Waals surface area contributed by atoms with Crippen LogP contribution in [0.5, 0.6) is 5.75 Å². The molecule has 3 aromatic rings. The molecule has 0 unspecified atom stereocenters. The summed E-state index contributed by atoms with van der Waals surface area (Å²) in [5.74, 6) is 0.821. The first-order valence-corrected chi connectivity index (χ1v) is 7.11.